The Labute approximate surface area is 116 Å². The summed E-state index contributed by atoms with van der Waals surface area (Å²) in [4.78, 5) is 0. The summed E-state index contributed by atoms with van der Waals surface area (Å²) in [5, 5.41) is 0. The van der Waals surface area contributed by atoms with Crippen LogP contribution in [0.2, 0.25) is 0 Å². The molecular formula is C17H36O. The second-order valence-electron chi connectivity index (χ2n) is 5.52. The minimum absolute atomic E-state index is 0.525. The Balaban J connectivity index is 3.27. The smallest absolute Gasteiger partial charge is 0.0572 e. The van der Waals surface area contributed by atoms with Gasteiger partial charge in [0.1, 0.15) is 0 Å². The molecule has 18 heavy (non-hydrogen) atoms. The van der Waals surface area contributed by atoms with E-state index in [-0.39, 0.29) is 0 Å². The Kier molecular flexibility index (Phi) is 15.0. The SMILES string of the molecule is CCCCCCCCO[C@H](CC)CCCCCC. The first-order valence-electron chi connectivity index (χ1n) is 8.46. The van der Waals surface area contributed by atoms with E-state index in [1.165, 1.54) is 77.0 Å². The lowest BCUT2D eigenvalue weighted by Crippen LogP contribution is -2.12. The van der Waals surface area contributed by atoms with Crippen LogP contribution in [0.3, 0.4) is 0 Å². The van der Waals surface area contributed by atoms with Gasteiger partial charge in [-0.2, -0.15) is 0 Å². The largest absolute Gasteiger partial charge is 0.378 e. The molecule has 110 valence electrons. The van der Waals surface area contributed by atoms with Gasteiger partial charge in [0.05, 0.1) is 6.10 Å². The second kappa shape index (κ2) is 15.0. The maximum Gasteiger partial charge on any atom is 0.0572 e. The lowest BCUT2D eigenvalue weighted by Gasteiger charge is -2.16. The highest BCUT2D eigenvalue weighted by Gasteiger charge is 2.05. The Morgan fingerprint density at radius 3 is 1.83 bits per heavy atom. The third-order valence-electron chi connectivity index (χ3n) is 3.69. The standard InChI is InChI=1S/C17H36O/c1-4-7-9-11-12-14-16-18-17(6-3)15-13-10-8-5-2/h17H,4-16H2,1-3H3/t17-/m1/s1. The quantitative estimate of drug-likeness (QED) is 0.341. The van der Waals surface area contributed by atoms with Crippen molar-refractivity contribution < 1.29 is 4.74 Å². The highest BCUT2D eigenvalue weighted by atomic mass is 16.5. The van der Waals surface area contributed by atoms with E-state index in [9.17, 15) is 0 Å². The zero-order valence-electron chi connectivity index (χ0n) is 13.2. The fraction of sp³-hybridized carbons (Fsp3) is 1.00. The van der Waals surface area contributed by atoms with Crippen molar-refractivity contribution in [2.75, 3.05) is 6.61 Å². The Morgan fingerprint density at radius 1 is 0.667 bits per heavy atom. The molecule has 0 saturated heterocycles. The van der Waals surface area contributed by atoms with Gasteiger partial charge in [-0.05, 0) is 19.3 Å². The van der Waals surface area contributed by atoms with Crippen LogP contribution in [0.5, 0.6) is 0 Å². The van der Waals surface area contributed by atoms with Crippen LogP contribution >= 0.6 is 0 Å². The summed E-state index contributed by atoms with van der Waals surface area (Å²) < 4.78 is 5.98. The molecule has 0 fully saturated rings. The van der Waals surface area contributed by atoms with Gasteiger partial charge in [-0.15, -0.1) is 0 Å². The van der Waals surface area contributed by atoms with Crippen molar-refractivity contribution in [1.82, 2.24) is 0 Å². The van der Waals surface area contributed by atoms with E-state index in [1.807, 2.05) is 0 Å². The molecule has 0 aromatic heterocycles. The predicted octanol–water partition coefficient (Wildman–Crippen LogP) is 6.11. The second-order valence-corrected chi connectivity index (χ2v) is 5.52. The summed E-state index contributed by atoms with van der Waals surface area (Å²) >= 11 is 0. The average molecular weight is 256 g/mol. The maximum atomic E-state index is 5.98. The summed E-state index contributed by atoms with van der Waals surface area (Å²) in [5.74, 6) is 0. The molecule has 0 rings (SSSR count). The van der Waals surface area contributed by atoms with E-state index in [0.29, 0.717) is 6.10 Å². The maximum absolute atomic E-state index is 5.98. The Hall–Kier alpha value is -0.0400. The number of hydrogen-bond donors (Lipinski definition) is 0. The molecule has 1 atom stereocenters. The highest BCUT2D eigenvalue weighted by Crippen LogP contribution is 2.12. The van der Waals surface area contributed by atoms with Crippen molar-refractivity contribution in [2.24, 2.45) is 0 Å². The first-order valence-corrected chi connectivity index (χ1v) is 8.46. The van der Waals surface area contributed by atoms with Crippen LogP contribution < -0.4 is 0 Å². The molecule has 0 saturated carbocycles. The fourth-order valence-electron chi connectivity index (χ4n) is 2.34. The van der Waals surface area contributed by atoms with Crippen LogP contribution in [-0.2, 0) is 4.74 Å². The Bertz CT molecular complexity index is 145. The molecular weight excluding hydrogens is 220 g/mol. The highest BCUT2D eigenvalue weighted by molar-refractivity contribution is 4.56. The number of ether oxygens (including phenoxy) is 1. The van der Waals surface area contributed by atoms with E-state index in [4.69, 9.17) is 4.74 Å². The monoisotopic (exact) mass is 256 g/mol. The van der Waals surface area contributed by atoms with E-state index in [0.717, 1.165) is 6.61 Å². The first-order chi connectivity index (χ1) is 8.85. The van der Waals surface area contributed by atoms with Crippen LogP contribution in [-0.4, -0.2) is 12.7 Å². The summed E-state index contributed by atoms with van der Waals surface area (Å²) in [6, 6.07) is 0. The number of rotatable bonds is 14. The molecule has 0 aliphatic carbocycles. The van der Waals surface area contributed by atoms with Crippen LogP contribution in [0, 0.1) is 0 Å². The van der Waals surface area contributed by atoms with Gasteiger partial charge in [0.15, 0.2) is 0 Å². The lowest BCUT2D eigenvalue weighted by molar-refractivity contribution is 0.0407. The van der Waals surface area contributed by atoms with Gasteiger partial charge in [0, 0.05) is 6.61 Å². The molecule has 0 bridgehead atoms. The van der Waals surface area contributed by atoms with Gasteiger partial charge in [-0.1, -0.05) is 78.6 Å². The summed E-state index contributed by atoms with van der Waals surface area (Å²) in [7, 11) is 0. The molecule has 0 radical (unpaired) electrons. The van der Waals surface area contributed by atoms with Gasteiger partial charge in [-0.25, -0.2) is 0 Å². The summed E-state index contributed by atoms with van der Waals surface area (Å²) in [5.41, 5.74) is 0. The van der Waals surface area contributed by atoms with Crippen LogP contribution in [0.25, 0.3) is 0 Å². The molecule has 0 aromatic carbocycles. The van der Waals surface area contributed by atoms with Crippen molar-refractivity contribution in [2.45, 2.75) is 104 Å². The molecule has 0 spiro atoms. The zero-order valence-corrected chi connectivity index (χ0v) is 13.2. The van der Waals surface area contributed by atoms with Crippen molar-refractivity contribution >= 4 is 0 Å². The first kappa shape index (κ1) is 18.0. The van der Waals surface area contributed by atoms with Crippen molar-refractivity contribution in [1.29, 1.82) is 0 Å². The van der Waals surface area contributed by atoms with Gasteiger partial charge in [-0.3, -0.25) is 0 Å². The van der Waals surface area contributed by atoms with E-state index in [2.05, 4.69) is 20.8 Å². The van der Waals surface area contributed by atoms with Crippen molar-refractivity contribution in [3.8, 4) is 0 Å². The van der Waals surface area contributed by atoms with E-state index < -0.39 is 0 Å². The molecule has 0 aliphatic rings. The molecule has 0 N–H and O–H groups in total. The van der Waals surface area contributed by atoms with Crippen molar-refractivity contribution in [3.05, 3.63) is 0 Å². The van der Waals surface area contributed by atoms with Gasteiger partial charge < -0.3 is 4.74 Å². The number of hydrogen-bond acceptors (Lipinski definition) is 1. The zero-order chi connectivity index (χ0) is 13.5. The number of unbranched alkanes of at least 4 members (excludes halogenated alkanes) is 8. The van der Waals surface area contributed by atoms with E-state index in [1.54, 1.807) is 0 Å². The van der Waals surface area contributed by atoms with Crippen LogP contribution in [0.15, 0.2) is 0 Å². The predicted molar refractivity (Wildman–Crippen MR) is 82.2 cm³/mol. The van der Waals surface area contributed by atoms with E-state index >= 15 is 0 Å². The molecule has 1 heteroatoms. The normalized spacial score (nSPS) is 12.8. The van der Waals surface area contributed by atoms with Crippen LogP contribution in [0.4, 0.5) is 0 Å². The van der Waals surface area contributed by atoms with Crippen molar-refractivity contribution in [3.63, 3.8) is 0 Å². The molecule has 0 heterocycles. The summed E-state index contributed by atoms with van der Waals surface area (Å²) in [6.07, 6.45) is 16.6. The minimum atomic E-state index is 0.525. The Morgan fingerprint density at radius 2 is 1.22 bits per heavy atom. The minimum Gasteiger partial charge on any atom is -0.378 e. The average Bonchev–Trinajstić information content (AvgIpc) is 2.40. The molecule has 0 unspecified atom stereocenters. The van der Waals surface area contributed by atoms with Crippen LogP contribution in [0.1, 0.15) is 97.8 Å². The summed E-state index contributed by atoms with van der Waals surface area (Å²) in [6.45, 7) is 7.78. The molecule has 1 nitrogen and oxygen atoms in total. The molecule has 0 aliphatic heterocycles. The third kappa shape index (κ3) is 12.4. The fourth-order valence-corrected chi connectivity index (χ4v) is 2.34. The third-order valence-corrected chi connectivity index (χ3v) is 3.69. The lowest BCUT2D eigenvalue weighted by atomic mass is 10.1. The topological polar surface area (TPSA) is 9.23 Å². The van der Waals surface area contributed by atoms with Gasteiger partial charge in [0.2, 0.25) is 0 Å². The van der Waals surface area contributed by atoms with Gasteiger partial charge >= 0.3 is 0 Å². The molecule has 0 aromatic rings. The molecule has 0 amide bonds. The van der Waals surface area contributed by atoms with Gasteiger partial charge in [0.25, 0.3) is 0 Å².